The Balaban J connectivity index is 0.739. The number of aryl methyl sites for hydroxylation is 3. The number of amides is 4. The molecule has 3 aromatic heterocycles. The van der Waals surface area contributed by atoms with Crippen molar-refractivity contribution in [1.29, 1.82) is 0 Å². The number of thiophene rings is 1. The summed E-state index contributed by atoms with van der Waals surface area (Å²) in [5.74, 6) is 0.530. The number of thiazole rings is 1. The molecule has 0 radical (unpaired) electrons. The SMILES string of the molecule is Cc1ncsc1-c1ccc([C@H](C)NC(=O)[C@@H]2C[C@@H](O)CN2C(=O)[C@@H](NC(=O)COCCOCCCOc2ccc([C@H](C)NC(=O)C[C@@H]3N=C(c4ccc(Cl)cc4)c4c(sc(C)c4C)-n4c(C)nnc43)cc2)C(C)(C)C)cc1. The van der Waals surface area contributed by atoms with Crippen LogP contribution in [-0.2, 0) is 28.7 Å². The van der Waals surface area contributed by atoms with Gasteiger partial charge in [-0.3, -0.25) is 28.7 Å². The lowest BCUT2D eigenvalue weighted by Gasteiger charge is -2.35. The number of aliphatic imine (C=N–C) groups is 1. The van der Waals surface area contributed by atoms with Gasteiger partial charge in [0.1, 0.15) is 41.3 Å². The van der Waals surface area contributed by atoms with Gasteiger partial charge in [-0.05, 0) is 93.5 Å². The number of ether oxygens (including phenoxy) is 3. The number of nitrogens with zero attached hydrogens (tertiary/aromatic N) is 6. The van der Waals surface area contributed by atoms with E-state index >= 15 is 0 Å². The fraction of sp³-hybridized carbons (Fsp3) is 0.439. The summed E-state index contributed by atoms with van der Waals surface area (Å²) < 4.78 is 19.3. The number of hydrogen-bond donors (Lipinski definition) is 4. The number of aliphatic hydroxyl groups is 1. The summed E-state index contributed by atoms with van der Waals surface area (Å²) in [5.41, 5.74) is 8.72. The first kappa shape index (κ1) is 56.8. The highest BCUT2D eigenvalue weighted by molar-refractivity contribution is 7.15. The Morgan fingerprint density at radius 1 is 0.818 bits per heavy atom. The summed E-state index contributed by atoms with van der Waals surface area (Å²) in [7, 11) is 0. The molecule has 0 bridgehead atoms. The predicted molar refractivity (Wildman–Crippen MR) is 299 cm³/mol. The topological polar surface area (TPSA) is 211 Å². The molecular weight excluding hydrogens is 1040 g/mol. The van der Waals surface area contributed by atoms with Gasteiger partial charge in [0.15, 0.2) is 5.82 Å². The van der Waals surface area contributed by atoms with Crippen molar-refractivity contribution in [3.05, 3.63) is 133 Å². The Labute approximate surface area is 462 Å². The van der Waals surface area contributed by atoms with Crippen LogP contribution >= 0.6 is 34.3 Å². The van der Waals surface area contributed by atoms with Crippen molar-refractivity contribution < 1.29 is 38.5 Å². The first-order valence-electron chi connectivity index (χ1n) is 25.9. The van der Waals surface area contributed by atoms with Crippen molar-refractivity contribution in [2.45, 2.75) is 118 Å². The second-order valence-corrected chi connectivity index (χ2v) is 23.2. The number of aromatic nitrogens is 4. The zero-order valence-corrected chi connectivity index (χ0v) is 47.4. The summed E-state index contributed by atoms with van der Waals surface area (Å²) in [6.45, 7) is 18.3. The first-order chi connectivity index (χ1) is 36.8. The third-order valence-electron chi connectivity index (χ3n) is 13.9. The van der Waals surface area contributed by atoms with Crippen LogP contribution in [0, 0.1) is 33.1 Å². The van der Waals surface area contributed by atoms with Crippen molar-refractivity contribution >= 4 is 63.6 Å². The van der Waals surface area contributed by atoms with Gasteiger partial charge in [0.25, 0.3) is 0 Å². The zero-order chi connectivity index (χ0) is 55.1. The molecule has 0 saturated carbocycles. The fourth-order valence-electron chi connectivity index (χ4n) is 9.50. The molecule has 8 rings (SSSR count). The van der Waals surface area contributed by atoms with Crippen molar-refractivity contribution in [3.8, 4) is 21.2 Å². The maximum atomic E-state index is 14.1. The van der Waals surface area contributed by atoms with E-state index in [0.717, 1.165) is 60.5 Å². The average Bonchev–Trinajstić information content (AvgIpc) is 4.21. The average molecular weight is 1110 g/mol. The molecule has 5 heterocycles. The lowest BCUT2D eigenvalue weighted by molar-refractivity contribution is -0.144. The van der Waals surface area contributed by atoms with Gasteiger partial charge in [-0.1, -0.05) is 80.9 Å². The Kier molecular flexibility index (Phi) is 18.4. The summed E-state index contributed by atoms with van der Waals surface area (Å²) in [6, 6.07) is 20.0. The molecule has 2 aliphatic heterocycles. The van der Waals surface area contributed by atoms with Gasteiger partial charge in [-0.15, -0.1) is 32.9 Å². The highest BCUT2D eigenvalue weighted by Gasteiger charge is 2.45. The summed E-state index contributed by atoms with van der Waals surface area (Å²) in [6.07, 6.45) is -0.126. The van der Waals surface area contributed by atoms with Crippen LogP contribution in [0.25, 0.3) is 15.4 Å². The molecule has 17 nitrogen and oxygen atoms in total. The van der Waals surface area contributed by atoms with E-state index in [1.54, 1.807) is 22.7 Å². The summed E-state index contributed by atoms with van der Waals surface area (Å²) in [4.78, 5) is 67.8. The van der Waals surface area contributed by atoms with Crippen molar-refractivity contribution in [3.63, 3.8) is 0 Å². The van der Waals surface area contributed by atoms with Gasteiger partial charge in [0, 0.05) is 47.0 Å². The van der Waals surface area contributed by atoms with Gasteiger partial charge >= 0.3 is 0 Å². The van der Waals surface area contributed by atoms with Crippen molar-refractivity contribution in [2.75, 3.05) is 39.6 Å². The summed E-state index contributed by atoms with van der Waals surface area (Å²) in [5, 5.41) is 30.2. The number of benzene rings is 3. The number of carbonyl (C=O) groups is 4. The van der Waals surface area contributed by atoms with Crippen LogP contribution in [0.5, 0.6) is 5.75 Å². The normalized spacial score (nSPS) is 17.4. The summed E-state index contributed by atoms with van der Waals surface area (Å²) >= 11 is 9.50. The van der Waals surface area contributed by atoms with E-state index in [1.165, 1.54) is 9.78 Å². The number of halogens is 1. The Hall–Kier alpha value is -6.35. The van der Waals surface area contributed by atoms with Gasteiger partial charge in [-0.2, -0.15) is 0 Å². The lowest BCUT2D eigenvalue weighted by atomic mass is 9.85. The standard InChI is InChI=1S/C57H68ClN9O8S2/c1-32-36(5)77-56-49(32)50(40-15-19-42(58)20-16-40)62-45(53-65-64-37(6)67(53)56)28-47(69)60-33(2)39-17-21-44(22-18-39)75-24-10-23-73-25-26-74-30-48(70)63-52(57(7,8)9)55(72)66-29-43(68)27-46(66)54(71)61-34(3)38-11-13-41(14-12-38)51-35(4)59-31-76-51/h11-22,31,33-34,43,45-46,52,68H,10,23-30H2,1-9H3,(H,60,69)(H,61,71)(H,63,70)/t33-,34-,43+,45-,46-,52+/m0/s1. The van der Waals surface area contributed by atoms with Crippen molar-refractivity contribution in [2.24, 2.45) is 10.4 Å². The molecule has 77 heavy (non-hydrogen) atoms. The maximum absolute atomic E-state index is 14.1. The van der Waals surface area contributed by atoms with E-state index in [2.05, 4.69) is 45.0 Å². The number of nitrogens with one attached hydrogen (secondary N) is 3. The highest BCUT2D eigenvalue weighted by Crippen LogP contribution is 2.40. The Morgan fingerprint density at radius 3 is 2.16 bits per heavy atom. The zero-order valence-electron chi connectivity index (χ0n) is 45.0. The molecule has 4 N–H and O–H groups in total. The number of hydrogen-bond acceptors (Lipinski definition) is 14. The van der Waals surface area contributed by atoms with Crippen LogP contribution in [0.1, 0.15) is 122 Å². The van der Waals surface area contributed by atoms with Crippen LogP contribution < -0.4 is 20.7 Å². The third kappa shape index (κ3) is 13.7. The minimum atomic E-state index is -0.982. The number of likely N-dealkylation sites (tertiary alicyclic amines) is 1. The minimum absolute atomic E-state index is 0.0285. The van der Waals surface area contributed by atoms with E-state index in [9.17, 15) is 24.3 Å². The van der Waals surface area contributed by atoms with Crippen molar-refractivity contribution in [1.82, 2.24) is 40.6 Å². The molecular formula is C57H68ClN9O8S2. The quantitative estimate of drug-likeness (QED) is 0.0501. The molecule has 408 valence electrons. The number of fused-ring (bicyclic) bond motifs is 3. The van der Waals surface area contributed by atoms with Crippen LogP contribution in [0.15, 0.2) is 83.3 Å². The van der Waals surface area contributed by atoms with E-state index in [-0.39, 0.29) is 63.1 Å². The molecule has 0 spiro atoms. The molecule has 3 aromatic carbocycles. The lowest BCUT2D eigenvalue weighted by Crippen LogP contribution is -2.58. The molecule has 1 fully saturated rings. The Bertz CT molecular complexity index is 3080. The van der Waals surface area contributed by atoms with Crippen LogP contribution in [0.2, 0.25) is 5.02 Å². The minimum Gasteiger partial charge on any atom is -0.494 e. The van der Waals surface area contributed by atoms with Gasteiger partial charge in [0.05, 0.1) is 66.2 Å². The van der Waals surface area contributed by atoms with E-state index in [1.807, 2.05) is 131 Å². The monoisotopic (exact) mass is 1110 g/mol. The molecule has 0 aliphatic carbocycles. The fourth-order valence-corrected chi connectivity index (χ4v) is 11.7. The highest BCUT2D eigenvalue weighted by atomic mass is 35.5. The predicted octanol–water partition coefficient (Wildman–Crippen LogP) is 8.67. The molecule has 2 aliphatic rings. The van der Waals surface area contributed by atoms with Gasteiger partial charge in [0.2, 0.25) is 23.6 Å². The maximum Gasteiger partial charge on any atom is 0.246 e. The number of β-amino-alcohol motifs (C(OH)–C–C–N with tert-alkyl or cyclic N) is 1. The molecule has 20 heteroatoms. The van der Waals surface area contributed by atoms with Crippen LogP contribution in [0.4, 0.5) is 0 Å². The van der Waals surface area contributed by atoms with E-state index < -0.39 is 41.5 Å². The number of rotatable bonds is 21. The molecule has 6 atom stereocenters. The molecule has 6 aromatic rings. The smallest absolute Gasteiger partial charge is 0.246 e. The second-order valence-electron chi connectivity index (χ2n) is 20.7. The second kappa shape index (κ2) is 25.0. The van der Waals surface area contributed by atoms with E-state index in [0.29, 0.717) is 36.2 Å². The third-order valence-corrected chi connectivity index (χ3v) is 16.3. The number of carbonyl (C=O) groups excluding carboxylic acids is 4. The number of aliphatic hydroxyl groups excluding tert-OH is 1. The van der Waals surface area contributed by atoms with E-state index in [4.69, 9.17) is 30.8 Å². The largest absolute Gasteiger partial charge is 0.494 e. The molecule has 0 unspecified atom stereocenters. The first-order valence-corrected chi connectivity index (χ1v) is 28.0. The van der Waals surface area contributed by atoms with Gasteiger partial charge < -0.3 is 40.2 Å². The molecule has 4 amide bonds. The van der Waals surface area contributed by atoms with Crippen LogP contribution in [-0.4, -0.2) is 117 Å². The van der Waals surface area contributed by atoms with Gasteiger partial charge in [-0.25, -0.2) is 4.98 Å². The van der Waals surface area contributed by atoms with Crippen LogP contribution in [0.3, 0.4) is 0 Å². The Morgan fingerprint density at radius 2 is 1.48 bits per heavy atom. The molecule has 1 saturated heterocycles.